The van der Waals surface area contributed by atoms with Crippen molar-refractivity contribution in [3.05, 3.63) is 34.8 Å². The molecule has 0 aliphatic carbocycles. The number of thiazole rings is 1. The van der Waals surface area contributed by atoms with E-state index in [1.54, 1.807) is 11.3 Å². The van der Waals surface area contributed by atoms with Crippen LogP contribution in [0.25, 0.3) is 10.6 Å². The van der Waals surface area contributed by atoms with Gasteiger partial charge in [0.1, 0.15) is 10.8 Å². The highest BCUT2D eigenvalue weighted by molar-refractivity contribution is 7.13. The van der Waals surface area contributed by atoms with Crippen molar-refractivity contribution >= 4 is 11.3 Å². The van der Waals surface area contributed by atoms with Gasteiger partial charge < -0.3 is 10.5 Å². The van der Waals surface area contributed by atoms with Gasteiger partial charge in [-0.05, 0) is 37.6 Å². The van der Waals surface area contributed by atoms with Gasteiger partial charge >= 0.3 is 0 Å². The Kier molecular flexibility index (Phi) is 2.64. The maximum absolute atomic E-state index is 6.06. The number of hydrogen-bond donors (Lipinski definition) is 1. The van der Waals surface area contributed by atoms with Crippen molar-refractivity contribution in [2.45, 2.75) is 25.8 Å². The van der Waals surface area contributed by atoms with Crippen molar-refractivity contribution < 1.29 is 4.74 Å². The van der Waals surface area contributed by atoms with Crippen LogP contribution in [-0.4, -0.2) is 11.6 Å². The van der Waals surface area contributed by atoms with Gasteiger partial charge in [-0.1, -0.05) is 0 Å². The van der Waals surface area contributed by atoms with Crippen molar-refractivity contribution in [2.24, 2.45) is 5.73 Å². The summed E-state index contributed by atoms with van der Waals surface area (Å²) in [6, 6.07) is 6.27. The van der Waals surface area contributed by atoms with Gasteiger partial charge in [0.15, 0.2) is 0 Å². The van der Waals surface area contributed by atoms with E-state index in [9.17, 15) is 0 Å². The molecule has 1 aromatic carbocycles. The van der Waals surface area contributed by atoms with E-state index in [0.29, 0.717) is 0 Å². The lowest BCUT2D eigenvalue weighted by molar-refractivity contribution is 0.357. The van der Waals surface area contributed by atoms with Gasteiger partial charge in [0.05, 0.1) is 17.8 Å². The minimum Gasteiger partial charge on any atom is -0.493 e. The van der Waals surface area contributed by atoms with E-state index in [2.05, 4.69) is 17.1 Å². The molecule has 3 nitrogen and oxygen atoms in total. The molecule has 0 saturated carbocycles. The van der Waals surface area contributed by atoms with Crippen molar-refractivity contribution in [1.29, 1.82) is 0 Å². The standard InChI is InChI=1S/C14H16N2OS/c1-14(2,15)12-8-18-13(16-12)10-3-4-11-9(7-10)5-6-17-11/h3-4,7-8H,5-6,15H2,1-2H3. The first-order chi connectivity index (χ1) is 8.54. The third-order valence-electron chi connectivity index (χ3n) is 3.10. The largest absolute Gasteiger partial charge is 0.493 e. The average molecular weight is 260 g/mol. The minimum absolute atomic E-state index is 0.380. The molecule has 94 valence electrons. The van der Waals surface area contributed by atoms with Crippen LogP contribution >= 0.6 is 11.3 Å². The Morgan fingerprint density at radius 2 is 2.22 bits per heavy atom. The first-order valence-electron chi connectivity index (χ1n) is 6.05. The third-order valence-corrected chi connectivity index (χ3v) is 3.99. The van der Waals surface area contributed by atoms with Crippen LogP contribution in [0, 0.1) is 0 Å². The Labute approximate surface area is 111 Å². The Balaban J connectivity index is 1.98. The van der Waals surface area contributed by atoms with Crippen LogP contribution in [0.3, 0.4) is 0 Å². The molecule has 0 amide bonds. The van der Waals surface area contributed by atoms with E-state index < -0.39 is 0 Å². The molecule has 1 aliphatic heterocycles. The normalized spacial score (nSPS) is 14.4. The van der Waals surface area contributed by atoms with Gasteiger partial charge in [0, 0.05) is 17.4 Å². The Morgan fingerprint density at radius 3 is 2.94 bits per heavy atom. The molecule has 0 spiro atoms. The van der Waals surface area contributed by atoms with Crippen LogP contribution in [0.4, 0.5) is 0 Å². The summed E-state index contributed by atoms with van der Waals surface area (Å²) in [5, 5.41) is 3.07. The average Bonchev–Trinajstić information content (AvgIpc) is 2.96. The second-order valence-corrected chi connectivity index (χ2v) is 6.04. The van der Waals surface area contributed by atoms with Crippen LogP contribution in [0.15, 0.2) is 23.6 Å². The van der Waals surface area contributed by atoms with Crippen molar-refractivity contribution in [3.63, 3.8) is 0 Å². The SMILES string of the molecule is CC(C)(N)c1csc(-c2ccc3c(c2)CCO3)n1. The number of hydrogen-bond acceptors (Lipinski definition) is 4. The zero-order chi connectivity index (χ0) is 12.8. The molecule has 0 saturated heterocycles. The van der Waals surface area contributed by atoms with Gasteiger partial charge in [-0.25, -0.2) is 4.98 Å². The molecule has 2 heterocycles. The molecule has 0 radical (unpaired) electrons. The topological polar surface area (TPSA) is 48.1 Å². The van der Waals surface area contributed by atoms with E-state index in [4.69, 9.17) is 10.5 Å². The number of fused-ring (bicyclic) bond motifs is 1. The summed E-state index contributed by atoms with van der Waals surface area (Å²) in [6.07, 6.45) is 0.990. The maximum Gasteiger partial charge on any atom is 0.123 e. The van der Waals surface area contributed by atoms with E-state index in [-0.39, 0.29) is 5.54 Å². The molecule has 18 heavy (non-hydrogen) atoms. The first kappa shape index (κ1) is 11.7. The number of rotatable bonds is 2. The van der Waals surface area contributed by atoms with Crippen LogP contribution in [0.1, 0.15) is 25.1 Å². The van der Waals surface area contributed by atoms with E-state index in [0.717, 1.165) is 35.0 Å². The lowest BCUT2D eigenvalue weighted by atomic mass is 10.0. The first-order valence-corrected chi connectivity index (χ1v) is 6.93. The maximum atomic E-state index is 6.06. The molecular formula is C14H16N2OS. The molecule has 3 rings (SSSR count). The Morgan fingerprint density at radius 1 is 1.39 bits per heavy atom. The number of benzene rings is 1. The zero-order valence-electron chi connectivity index (χ0n) is 10.6. The van der Waals surface area contributed by atoms with Gasteiger partial charge in [-0.15, -0.1) is 11.3 Å². The summed E-state index contributed by atoms with van der Waals surface area (Å²) in [5.41, 5.74) is 9.05. The molecule has 1 aliphatic rings. The summed E-state index contributed by atoms with van der Waals surface area (Å²) < 4.78 is 5.51. The highest BCUT2D eigenvalue weighted by Gasteiger charge is 2.19. The van der Waals surface area contributed by atoms with Crippen LogP contribution in [0.5, 0.6) is 5.75 Å². The predicted molar refractivity (Wildman–Crippen MR) is 74.0 cm³/mol. The van der Waals surface area contributed by atoms with Crippen molar-refractivity contribution in [1.82, 2.24) is 4.98 Å². The highest BCUT2D eigenvalue weighted by atomic mass is 32.1. The fourth-order valence-electron chi connectivity index (χ4n) is 2.02. The lowest BCUT2D eigenvalue weighted by Crippen LogP contribution is -2.28. The molecule has 0 unspecified atom stereocenters. The summed E-state index contributed by atoms with van der Waals surface area (Å²) in [5.74, 6) is 1.01. The highest BCUT2D eigenvalue weighted by Crippen LogP contribution is 2.33. The number of nitrogens with two attached hydrogens (primary N) is 1. The van der Waals surface area contributed by atoms with E-state index in [1.807, 2.05) is 25.3 Å². The second kappa shape index (κ2) is 4.07. The summed E-state index contributed by atoms with van der Waals surface area (Å²) in [7, 11) is 0. The molecule has 4 heteroatoms. The van der Waals surface area contributed by atoms with E-state index >= 15 is 0 Å². The number of ether oxygens (including phenoxy) is 1. The Hall–Kier alpha value is -1.39. The van der Waals surface area contributed by atoms with Crippen molar-refractivity contribution in [2.75, 3.05) is 6.61 Å². The summed E-state index contributed by atoms with van der Waals surface area (Å²) in [4.78, 5) is 4.63. The van der Waals surface area contributed by atoms with Crippen LogP contribution in [0.2, 0.25) is 0 Å². The third kappa shape index (κ3) is 2.02. The summed E-state index contributed by atoms with van der Waals surface area (Å²) in [6.45, 7) is 4.74. The predicted octanol–water partition coefficient (Wildman–Crippen LogP) is 2.94. The summed E-state index contributed by atoms with van der Waals surface area (Å²) >= 11 is 1.64. The Bertz CT molecular complexity index is 584. The quantitative estimate of drug-likeness (QED) is 0.903. The van der Waals surface area contributed by atoms with Gasteiger partial charge in [-0.3, -0.25) is 0 Å². The smallest absolute Gasteiger partial charge is 0.123 e. The van der Waals surface area contributed by atoms with E-state index in [1.165, 1.54) is 5.56 Å². The fourth-order valence-corrected chi connectivity index (χ4v) is 3.02. The number of aromatic nitrogens is 1. The molecule has 0 fully saturated rings. The molecule has 2 aromatic rings. The zero-order valence-corrected chi connectivity index (χ0v) is 11.4. The minimum atomic E-state index is -0.380. The molecule has 2 N–H and O–H groups in total. The monoisotopic (exact) mass is 260 g/mol. The lowest BCUT2D eigenvalue weighted by Gasteiger charge is -2.14. The van der Waals surface area contributed by atoms with Gasteiger partial charge in [-0.2, -0.15) is 0 Å². The molecule has 0 atom stereocenters. The molecule has 1 aromatic heterocycles. The second-order valence-electron chi connectivity index (χ2n) is 5.18. The molecular weight excluding hydrogens is 244 g/mol. The fraction of sp³-hybridized carbons (Fsp3) is 0.357. The van der Waals surface area contributed by atoms with Crippen molar-refractivity contribution in [3.8, 4) is 16.3 Å². The van der Waals surface area contributed by atoms with Gasteiger partial charge in [0.2, 0.25) is 0 Å². The molecule has 0 bridgehead atoms. The number of nitrogens with zero attached hydrogens (tertiary/aromatic N) is 1. The van der Waals surface area contributed by atoms with Crippen LogP contribution in [-0.2, 0) is 12.0 Å². The van der Waals surface area contributed by atoms with Crippen LogP contribution < -0.4 is 10.5 Å². The van der Waals surface area contributed by atoms with Gasteiger partial charge in [0.25, 0.3) is 0 Å².